The molecule has 1 fully saturated rings. The van der Waals surface area contributed by atoms with E-state index in [4.69, 9.17) is 4.42 Å². The SMILES string of the molecule is Cn1c(=O)oc2ncc(C3CC(=O)CCN3)cc21. The van der Waals surface area contributed by atoms with Crippen molar-refractivity contribution in [1.82, 2.24) is 14.9 Å². The fourth-order valence-corrected chi connectivity index (χ4v) is 2.24. The highest BCUT2D eigenvalue weighted by Gasteiger charge is 2.21. The molecule has 2 aromatic rings. The Balaban J connectivity index is 2.04. The summed E-state index contributed by atoms with van der Waals surface area (Å²) in [4.78, 5) is 26.9. The van der Waals surface area contributed by atoms with Gasteiger partial charge in [0, 0.05) is 38.7 Å². The third kappa shape index (κ3) is 1.74. The molecular formula is C12H13N3O3. The normalized spacial score (nSPS) is 20.5. The summed E-state index contributed by atoms with van der Waals surface area (Å²) < 4.78 is 6.38. The average Bonchev–Trinajstić information content (AvgIpc) is 2.65. The minimum Gasteiger partial charge on any atom is -0.389 e. The number of hydrogen-bond donors (Lipinski definition) is 1. The lowest BCUT2D eigenvalue weighted by Crippen LogP contribution is -2.31. The predicted molar refractivity (Wildman–Crippen MR) is 64.2 cm³/mol. The number of rotatable bonds is 1. The van der Waals surface area contributed by atoms with E-state index >= 15 is 0 Å². The Morgan fingerprint density at radius 3 is 3.11 bits per heavy atom. The molecule has 1 saturated heterocycles. The number of aryl methyl sites for hydroxylation is 1. The van der Waals surface area contributed by atoms with Gasteiger partial charge < -0.3 is 9.73 Å². The Morgan fingerprint density at radius 2 is 2.33 bits per heavy atom. The Kier molecular flexibility index (Phi) is 2.52. The van der Waals surface area contributed by atoms with Gasteiger partial charge in [0.15, 0.2) is 0 Å². The highest BCUT2D eigenvalue weighted by Crippen LogP contribution is 2.22. The molecule has 1 N–H and O–H groups in total. The van der Waals surface area contributed by atoms with Crippen molar-refractivity contribution in [3.8, 4) is 0 Å². The lowest BCUT2D eigenvalue weighted by molar-refractivity contribution is -0.120. The highest BCUT2D eigenvalue weighted by molar-refractivity contribution is 5.80. The molecule has 0 aromatic carbocycles. The zero-order valence-corrected chi connectivity index (χ0v) is 9.97. The Morgan fingerprint density at radius 1 is 1.50 bits per heavy atom. The lowest BCUT2D eigenvalue weighted by atomic mass is 9.98. The molecule has 1 unspecified atom stereocenters. The highest BCUT2D eigenvalue weighted by atomic mass is 16.4. The molecule has 0 radical (unpaired) electrons. The Bertz CT molecular complexity index is 671. The second-order valence-electron chi connectivity index (χ2n) is 4.52. The zero-order valence-electron chi connectivity index (χ0n) is 9.97. The van der Waals surface area contributed by atoms with Crippen molar-refractivity contribution in [3.05, 3.63) is 28.4 Å². The second kappa shape index (κ2) is 4.06. The predicted octanol–water partition coefficient (Wildman–Crippen LogP) is 0.520. The number of piperidine rings is 1. The van der Waals surface area contributed by atoms with Crippen LogP contribution in [0.25, 0.3) is 11.2 Å². The Labute approximate surface area is 103 Å². The van der Waals surface area contributed by atoms with E-state index in [0.29, 0.717) is 30.6 Å². The van der Waals surface area contributed by atoms with Crippen LogP contribution in [0.2, 0.25) is 0 Å². The summed E-state index contributed by atoms with van der Waals surface area (Å²) in [5.74, 6) is -0.178. The van der Waals surface area contributed by atoms with Crippen LogP contribution in [-0.2, 0) is 11.8 Å². The number of nitrogens with one attached hydrogen (secondary N) is 1. The molecule has 0 aliphatic carbocycles. The van der Waals surface area contributed by atoms with Gasteiger partial charge in [0.25, 0.3) is 0 Å². The number of aromatic nitrogens is 2. The zero-order chi connectivity index (χ0) is 12.7. The van der Waals surface area contributed by atoms with Crippen molar-refractivity contribution in [3.63, 3.8) is 0 Å². The summed E-state index contributed by atoms with van der Waals surface area (Å²) in [5, 5.41) is 3.28. The van der Waals surface area contributed by atoms with E-state index < -0.39 is 5.76 Å². The van der Waals surface area contributed by atoms with Gasteiger partial charge >= 0.3 is 5.76 Å². The third-order valence-corrected chi connectivity index (χ3v) is 3.30. The monoisotopic (exact) mass is 247 g/mol. The Hall–Kier alpha value is -1.95. The maximum atomic E-state index is 11.4. The van der Waals surface area contributed by atoms with Crippen LogP contribution in [0.5, 0.6) is 0 Å². The number of carbonyl (C=O) groups excluding carboxylic acids is 1. The van der Waals surface area contributed by atoms with Gasteiger partial charge in [-0.3, -0.25) is 9.36 Å². The third-order valence-electron chi connectivity index (χ3n) is 3.30. The fraction of sp³-hybridized carbons (Fsp3) is 0.417. The molecule has 0 bridgehead atoms. The van der Waals surface area contributed by atoms with Gasteiger partial charge in [0.05, 0.1) is 0 Å². The number of fused-ring (bicyclic) bond motifs is 1. The first-order valence-corrected chi connectivity index (χ1v) is 5.86. The van der Waals surface area contributed by atoms with Gasteiger partial charge in [-0.2, -0.15) is 0 Å². The summed E-state index contributed by atoms with van der Waals surface area (Å²) in [6.07, 6.45) is 2.71. The van der Waals surface area contributed by atoms with Gasteiger partial charge in [-0.15, -0.1) is 0 Å². The van der Waals surface area contributed by atoms with Crippen LogP contribution in [0.3, 0.4) is 0 Å². The molecule has 2 aromatic heterocycles. The van der Waals surface area contributed by atoms with Gasteiger partial charge in [0.1, 0.15) is 11.3 Å². The number of ketones is 1. The first kappa shape index (κ1) is 11.2. The minimum absolute atomic E-state index is 0.0202. The van der Waals surface area contributed by atoms with E-state index in [2.05, 4.69) is 10.3 Å². The van der Waals surface area contributed by atoms with Crippen LogP contribution in [0, 0.1) is 0 Å². The summed E-state index contributed by atoms with van der Waals surface area (Å²) in [5.41, 5.74) is 1.89. The van der Waals surface area contributed by atoms with Gasteiger partial charge in [-0.05, 0) is 11.6 Å². The molecule has 0 spiro atoms. The van der Waals surface area contributed by atoms with E-state index in [9.17, 15) is 9.59 Å². The number of hydrogen-bond acceptors (Lipinski definition) is 5. The minimum atomic E-state index is -0.428. The van der Waals surface area contributed by atoms with E-state index in [1.807, 2.05) is 6.07 Å². The number of pyridine rings is 1. The molecule has 0 saturated carbocycles. The van der Waals surface area contributed by atoms with Crippen molar-refractivity contribution < 1.29 is 9.21 Å². The molecule has 3 rings (SSSR count). The maximum Gasteiger partial charge on any atom is 0.421 e. The van der Waals surface area contributed by atoms with Crippen LogP contribution in [0.15, 0.2) is 21.5 Å². The number of oxazole rings is 1. The first-order valence-electron chi connectivity index (χ1n) is 5.86. The molecule has 0 amide bonds. The number of Topliss-reactive ketones (excluding diaryl/α,β-unsaturated/α-hetero) is 1. The molecule has 18 heavy (non-hydrogen) atoms. The molecule has 94 valence electrons. The van der Waals surface area contributed by atoms with Crippen LogP contribution >= 0.6 is 0 Å². The van der Waals surface area contributed by atoms with Gasteiger partial charge in [-0.25, -0.2) is 9.78 Å². The van der Waals surface area contributed by atoms with Crippen molar-refractivity contribution in [2.75, 3.05) is 6.54 Å². The van der Waals surface area contributed by atoms with Crippen LogP contribution in [0.1, 0.15) is 24.4 Å². The smallest absolute Gasteiger partial charge is 0.389 e. The second-order valence-corrected chi connectivity index (χ2v) is 4.52. The molecule has 1 aliphatic rings. The summed E-state index contributed by atoms with van der Waals surface area (Å²) >= 11 is 0. The lowest BCUT2D eigenvalue weighted by Gasteiger charge is -2.22. The van der Waals surface area contributed by atoms with Gasteiger partial charge in [-0.1, -0.05) is 0 Å². The molecule has 1 aliphatic heterocycles. The van der Waals surface area contributed by atoms with Gasteiger partial charge in [0.2, 0.25) is 5.71 Å². The topological polar surface area (TPSA) is 77.1 Å². The average molecular weight is 247 g/mol. The fourth-order valence-electron chi connectivity index (χ4n) is 2.24. The van der Waals surface area contributed by atoms with Crippen LogP contribution in [0.4, 0.5) is 0 Å². The van der Waals surface area contributed by atoms with Crippen molar-refractivity contribution >= 4 is 17.0 Å². The van der Waals surface area contributed by atoms with E-state index in [-0.39, 0.29) is 11.8 Å². The van der Waals surface area contributed by atoms with Crippen LogP contribution in [-0.4, -0.2) is 21.9 Å². The first-order chi connectivity index (χ1) is 8.65. The van der Waals surface area contributed by atoms with E-state index in [1.54, 1.807) is 13.2 Å². The van der Waals surface area contributed by atoms with Crippen LogP contribution < -0.4 is 11.1 Å². The standard InChI is InChI=1S/C12H13N3O3/c1-15-10-4-7(6-14-11(10)18-12(15)17)9-5-8(16)2-3-13-9/h4,6,9,13H,2-3,5H2,1H3. The maximum absolute atomic E-state index is 11.4. The van der Waals surface area contributed by atoms with E-state index in [1.165, 1.54) is 4.57 Å². The van der Waals surface area contributed by atoms with Crippen molar-refractivity contribution in [2.24, 2.45) is 7.05 Å². The summed E-state index contributed by atoms with van der Waals surface area (Å²) in [6.45, 7) is 0.686. The molecule has 6 nitrogen and oxygen atoms in total. The summed E-state index contributed by atoms with van der Waals surface area (Å²) in [6, 6.07) is 1.83. The van der Waals surface area contributed by atoms with Crippen molar-refractivity contribution in [2.45, 2.75) is 18.9 Å². The molecule has 1 atom stereocenters. The molecular weight excluding hydrogens is 234 g/mol. The summed E-state index contributed by atoms with van der Waals surface area (Å²) in [7, 11) is 1.64. The van der Waals surface area contributed by atoms with E-state index in [0.717, 1.165) is 5.56 Å². The molecule has 3 heterocycles. The molecule has 6 heteroatoms. The number of nitrogens with zero attached hydrogens (tertiary/aromatic N) is 2. The number of carbonyl (C=O) groups is 1. The quantitative estimate of drug-likeness (QED) is 0.795. The largest absolute Gasteiger partial charge is 0.421 e. The van der Waals surface area contributed by atoms with Crippen molar-refractivity contribution in [1.29, 1.82) is 0 Å².